The predicted molar refractivity (Wildman–Crippen MR) is 269 cm³/mol. The number of aliphatic hydroxyl groups is 1. The van der Waals surface area contributed by atoms with Crippen molar-refractivity contribution >= 4 is 11.9 Å². The lowest BCUT2D eigenvalue weighted by Crippen LogP contribution is -2.28. The number of hydrogen-bond acceptors (Lipinski definition) is 5. The molecule has 1 atom stereocenters. The van der Waals surface area contributed by atoms with Gasteiger partial charge in [0.05, 0.1) is 6.61 Å². The zero-order valence-electron chi connectivity index (χ0n) is 39.1. The minimum Gasteiger partial charge on any atom is -0.462 e. The smallest absolute Gasteiger partial charge is 0.306 e. The maximum atomic E-state index is 12.2. The molecule has 0 spiro atoms. The van der Waals surface area contributed by atoms with E-state index in [-0.39, 0.29) is 31.6 Å². The van der Waals surface area contributed by atoms with E-state index in [1.54, 1.807) is 0 Å². The van der Waals surface area contributed by atoms with E-state index in [2.05, 4.69) is 172 Å². The van der Waals surface area contributed by atoms with Gasteiger partial charge in [0, 0.05) is 12.8 Å². The molecule has 0 fully saturated rings. The molecule has 0 heterocycles. The Kier molecular flexibility index (Phi) is 47.2. The third kappa shape index (κ3) is 48.2. The van der Waals surface area contributed by atoms with Crippen LogP contribution in [0.15, 0.2) is 158 Å². The Hall–Kier alpha value is -4.48. The van der Waals surface area contributed by atoms with Gasteiger partial charge in [0.2, 0.25) is 0 Å². The van der Waals surface area contributed by atoms with E-state index in [1.165, 1.54) is 0 Å². The van der Waals surface area contributed by atoms with Gasteiger partial charge in [-0.2, -0.15) is 0 Å². The molecule has 0 aromatic heterocycles. The van der Waals surface area contributed by atoms with Crippen LogP contribution < -0.4 is 0 Å². The average molecular weight is 851 g/mol. The fourth-order valence-corrected chi connectivity index (χ4v) is 5.77. The minimum atomic E-state index is -0.818. The van der Waals surface area contributed by atoms with Crippen LogP contribution in [-0.4, -0.2) is 36.4 Å². The van der Waals surface area contributed by atoms with Crippen LogP contribution in [0.3, 0.4) is 0 Å². The second-order valence-corrected chi connectivity index (χ2v) is 15.1. The first-order valence-corrected chi connectivity index (χ1v) is 24.0. The molecule has 62 heavy (non-hydrogen) atoms. The predicted octanol–water partition coefficient (Wildman–Crippen LogP) is 16.1. The Morgan fingerprint density at radius 2 is 0.645 bits per heavy atom. The summed E-state index contributed by atoms with van der Waals surface area (Å²) in [5.74, 6) is -0.681. The summed E-state index contributed by atoms with van der Waals surface area (Å²) in [5, 5.41) is 9.61. The van der Waals surface area contributed by atoms with Gasteiger partial charge in [-0.1, -0.05) is 191 Å². The fraction of sp³-hybridized carbons (Fsp3) is 0.509. The van der Waals surface area contributed by atoms with Crippen LogP contribution in [0.4, 0.5) is 0 Å². The van der Waals surface area contributed by atoms with Crippen molar-refractivity contribution in [3.05, 3.63) is 158 Å². The first-order chi connectivity index (χ1) is 30.6. The first kappa shape index (κ1) is 57.5. The second-order valence-electron chi connectivity index (χ2n) is 15.1. The van der Waals surface area contributed by atoms with Crippen LogP contribution in [-0.2, 0) is 19.1 Å². The number of aliphatic hydroxyl groups excluding tert-OH is 1. The van der Waals surface area contributed by atoms with Crippen LogP contribution in [0, 0.1) is 0 Å². The lowest BCUT2D eigenvalue weighted by Gasteiger charge is -2.15. The SMILES string of the molecule is CC/C=C\C/C=C\C/C=C\C/C=C\C/C=C\C/C=C\C/C=C\C/C=C\CCCCC(=O)OC(CO)COC(=O)CCCCCCC/C=C\C/C=C\C/C=C\C/C=C\C/C=C\CC. The number of unbranched alkanes of at least 4 members (excludes halogenated alkanes) is 7. The average Bonchev–Trinajstić information content (AvgIpc) is 3.28. The number of hydrogen-bond donors (Lipinski definition) is 1. The Morgan fingerprint density at radius 1 is 0.371 bits per heavy atom. The molecule has 0 rings (SSSR count). The van der Waals surface area contributed by atoms with E-state index >= 15 is 0 Å². The van der Waals surface area contributed by atoms with Crippen molar-refractivity contribution in [3.63, 3.8) is 0 Å². The van der Waals surface area contributed by atoms with Crippen LogP contribution >= 0.6 is 0 Å². The fourth-order valence-electron chi connectivity index (χ4n) is 5.77. The van der Waals surface area contributed by atoms with Gasteiger partial charge in [0.1, 0.15) is 6.61 Å². The number of carbonyl (C=O) groups is 2. The van der Waals surface area contributed by atoms with Gasteiger partial charge in [-0.15, -0.1) is 0 Å². The normalized spacial score (nSPS) is 13.7. The zero-order chi connectivity index (χ0) is 44.9. The first-order valence-electron chi connectivity index (χ1n) is 24.0. The third-order valence-electron chi connectivity index (χ3n) is 9.32. The van der Waals surface area contributed by atoms with Gasteiger partial charge in [-0.3, -0.25) is 9.59 Å². The molecule has 1 unspecified atom stereocenters. The van der Waals surface area contributed by atoms with Crippen molar-refractivity contribution in [2.45, 2.75) is 174 Å². The van der Waals surface area contributed by atoms with Crippen LogP contribution in [0.1, 0.15) is 168 Å². The van der Waals surface area contributed by atoms with Crippen LogP contribution in [0.2, 0.25) is 0 Å². The number of allylic oxidation sites excluding steroid dienone is 26. The molecule has 0 amide bonds. The van der Waals surface area contributed by atoms with Gasteiger partial charge in [-0.05, 0) is 122 Å². The highest BCUT2D eigenvalue weighted by Gasteiger charge is 2.16. The summed E-state index contributed by atoms with van der Waals surface area (Å²) in [4.78, 5) is 24.4. The summed E-state index contributed by atoms with van der Waals surface area (Å²) in [6.07, 6.45) is 78.9. The van der Waals surface area contributed by atoms with Gasteiger partial charge in [0.25, 0.3) is 0 Å². The molecule has 0 saturated carbocycles. The monoisotopic (exact) mass is 851 g/mol. The second kappa shape index (κ2) is 50.9. The highest BCUT2D eigenvalue weighted by atomic mass is 16.6. The molecule has 0 aliphatic rings. The molecular weight excluding hydrogens is 765 g/mol. The molecule has 5 nitrogen and oxygen atoms in total. The standard InChI is InChI=1S/C57H86O5/c1-3-5-7-9-11-13-15-17-19-21-23-25-26-27-28-29-30-32-34-36-38-40-42-44-46-48-50-52-57(60)62-55(53-58)54-61-56(59)51-49-47-45-43-41-39-37-35-33-31-24-22-20-18-16-14-12-10-8-6-4-2/h5-8,11-14,17-20,23-25,27-28,30-32,35-38,42,44,55,58H,3-4,9-10,15-16,21-22,26,29,33-34,39-41,43,45-54H2,1-2H3/b7-5-,8-6-,13-11-,14-12-,19-17-,20-18-,25-23-,28-27-,31-24-,32-30-,37-35-,38-36-,44-42-. The Balaban J connectivity index is 3.74. The van der Waals surface area contributed by atoms with Crippen molar-refractivity contribution in [2.75, 3.05) is 13.2 Å². The number of ether oxygens (including phenoxy) is 2. The summed E-state index contributed by atoms with van der Waals surface area (Å²) in [6, 6.07) is 0. The molecule has 0 aromatic carbocycles. The Bertz CT molecular complexity index is 1420. The van der Waals surface area contributed by atoms with Gasteiger partial charge < -0.3 is 14.6 Å². The number of rotatable bonds is 41. The summed E-state index contributed by atoms with van der Waals surface area (Å²) >= 11 is 0. The van der Waals surface area contributed by atoms with Gasteiger partial charge in [0.15, 0.2) is 6.10 Å². The number of carbonyl (C=O) groups excluding carboxylic acids is 2. The van der Waals surface area contributed by atoms with E-state index in [0.29, 0.717) is 12.8 Å². The highest BCUT2D eigenvalue weighted by molar-refractivity contribution is 5.70. The summed E-state index contributed by atoms with van der Waals surface area (Å²) in [5.41, 5.74) is 0. The molecule has 0 aliphatic heterocycles. The Morgan fingerprint density at radius 3 is 1.00 bits per heavy atom. The van der Waals surface area contributed by atoms with Crippen LogP contribution in [0.5, 0.6) is 0 Å². The maximum Gasteiger partial charge on any atom is 0.306 e. The molecule has 0 radical (unpaired) electrons. The van der Waals surface area contributed by atoms with E-state index in [0.717, 1.165) is 135 Å². The minimum absolute atomic E-state index is 0.106. The van der Waals surface area contributed by atoms with Crippen molar-refractivity contribution in [2.24, 2.45) is 0 Å². The van der Waals surface area contributed by atoms with E-state index in [4.69, 9.17) is 9.47 Å². The largest absolute Gasteiger partial charge is 0.462 e. The topological polar surface area (TPSA) is 72.8 Å². The van der Waals surface area contributed by atoms with E-state index < -0.39 is 6.10 Å². The molecule has 0 saturated heterocycles. The molecule has 5 heteroatoms. The quantitative estimate of drug-likeness (QED) is 0.0377. The molecule has 1 N–H and O–H groups in total. The maximum absolute atomic E-state index is 12.2. The van der Waals surface area contributed by atoms with Gasteiger partial charge in [-0.25, -0.2) is 0 Å². The highest BCUT2D eigenvalue weighted by Crippen LogP contribution is 2.10. The van der Waals surface area contributed by atoms with E-state index in [9.17, 15) is 14.7 Å². The van der Waals surface area contributed by atoms with Crippen LogP contribution in [0.25, 0.3) is 0 Å². The van der Waals surface area contributed by atoms with Crippen molar-refractivity contribution in [1.29, 1.82) is 0 Å². The van der Waals surface area contributed by atoms with Crippen molar-refractivity contribution < 1.29 is 24.2 Å². The molecule has 344 valence electrons. The van der Waals surface area contributed by atoms with Crippen molar-refractivity contribution in [3.8, 4) is 0 Å². The lowest BCUT2D eigenvalue weighted by molar-refractivity contribution is -0.161. The lowest BCUT2D eigenvalue weighted by atomic mass is 10.1. The van der Waals surface area contributed by atoms with E-state index in [1.807, 2.05) is 0 Å². The summed E-state index contributed by atoms with van der Waals surface area (Å²) < 4.78 is 10.6. The zero-order valence-corrected chi connectivity index (χ0v) is 39.1. The molecule has 0 aromatic rings. The molecular formula is C57H86O5. The third-order valence-corrected chi connectivity index (χ3v) is 9.32. The Labute approximate surface area is 380 Å². The van der Waals surface area contributed by atoms with Crippen molar-refractivity contribution in [1.82, 2.24) is 0 Å². The number of esters is 2. The summed E-state index contributed by atoms with van der Waals surface area (Å²) in [6.45, 7) is 3.84. The van der Waals surface area contributed by atoms with Gasteiger partial charge >= 0.3 is 11.9 Å². The molecule has 0 bridgehead atoms. The summed E-state index contributed by atoms with van der Waals surface area (Å²) in [7, 11) is 0. The molecule has 0 aliphatic carbocycles.